The number of piperidine rings is 1. The molecule has 8 nitrogen and oxygen atoms in total. The van der Waals surface area contributed by atoms with Crippen LogP contribution in [0.25, 0.3) is 11.4 Å². The van der Waals surface area contributed by atoms with Crippen LogP contribution in [0.5, 0.6) is 0 Å². The zero-order valence-electron chi connectivity index (χ0n) is 19.5. The van der Waals surface area contributed by atoms with Gasteiger partial charge in [0, 0.05) is 16.4 Å². The van der Waals surface area contributed by atoms with E-state index in [-0.39, 0.29) is 23.6 Å². The molecule has 2 aliphatic rings. The van der Waals surface area contributed by atoms with Gasteiger partial charge in [-0.3, -0.25) is 9.69 Å². The highest BCUT2D eigenvalue weighted by atomic mass is 32.1. The smallest absolute Gasteiger partial charge is 0.341 e. The number of aromatic nitrogens is 2. The van der Waals surface area contributed by atoms with E-state index in [1.165, 1.54) is 35.5 Å². The number of nitrogens with one attached hydrogen (secondary N) is 1. The van der Waals surface area contributed by atoms with Gasteiger partial charge in [-0.2, -0.15) is 4.98 Å². The maximum absolute atomic E-state index is 13.1. The Kier molecular flexibility index (Phi) is 6.92. The second kappa shape index (κ2) is 10.2. The van der Waals surface area contributed by atoms with Crippen LogP contribution in [-0.4, -0.2) is 47.1 Å². The summed E-state index contributed by atoms with van der Waals surface area (Å²) in [5.41, 5.74) is 2.27. The Hall–Kier alpha value is -3.11. The van der Waals surface area contributed by atoms with E-state index in [0.717, 1.165) is 44.3 Å². The average Bonchev–Trinajstić information content (AvgIpc) is 3.49. The number of halogens is 1. The average molecular weight is 499 g/mol. The summed E-state index contributed by atoms with van der Waals surface area (Å²) in [4.78, 5) is 33.3. The molecule has 1 aromatic carbocycles. The van der Waals surface area contributed by atoms with Gasteiger partial charge in [0.2, 0.25) is 17.6 Å². The van der Waals surface area contributed by atoms with E-state index in [4.69, 9.17) is 9.26 Å². The van der Waals surface area contributed by atoms with Crippen LogP contribution in [0.2, 0.25) is 0 Å². The quantitative estimate of drug-likeness (QED) is 0.502. The number of carbonyl (C=O) groups is 2. The fourth-order valence-electron chi connectivity index (χ4n) is 4.77. The first-order valence-corrected chi connectivity index (χ1v) is 12.7. The third kappa shape index (κ3) is 5.13. The van der Waals surface area contributed by atoms with Crippen LogP contribution in [0.15, 0.2) is 28.8 Å². The highest BCUT2D eigenvalue weighted by molar-refractivity contribution is 7.17. The summed E-state index contributed by atoms with van der Waals surface area (Å²) in [6.07, 6.45) is 5.34. The van der Waals surface area contributed by atoms with Crippen molar-refractivity contribution >= 4 is 28.2 Å². The van der Waals surface area contributed by atoms with E-state index in [9.17, 15) is 14.0 Å². The molecule has 5 rings (SSSR count). The second-order valence-electron chi connectivity index (χ2n) is 8.96. The minimum absolute atomic E-state index is 0.0511. The molecule has 1 amide bonds. The van der Waals surface area contributed by atoms with Gasteiger partial charge >= 0.3 is 5.97 Å². The van der Waals surface area contributed by atoms with E-state index < -0.39 is 0 Å². The number of nitrogens with zero attached hydrogens (tertiary/aromatic N) is 3. The number of likely N-dealkylation sites (tertiary alicyclic amines) is 1. The number of methoxy groups -OCH3 is 1. The number of rotatable bonds is 6. The first-order valence-electron chi connectivity index (χ1n) is 11.9. The third-order valence-electron chi connectivity index (χ3n) is 6.69. The molecule has 0 unspecified atom stereocenters. The normalized spacial score (nSPS) is 16.6. The van der Waals surface area contributed by atoms with E-state index in [1.807, 2.05) is 0 Å². The molecule has 0 bridgehead atoms. The van der Waals surface area contributed by atoms with Gasteiger partial charge in [-0.05, 0) is 81.4 Å². The number of aryl methyl sites for hydroxylation is 1. The van der Waals surface area contributed by atoms with Gasteiger partial charge in [-0.15, -0.1) is 11.3 Å². The van der Waals surface area contributed by atoms with Gasteiger partial charge in [0.1, 0.15) is 10.8 Å². The summed E-state index contributed by atoms with van der Waals surface area (Å²) in [5, 5.41) is 7.65. The lowest BCUT2D eigenvalue weighted by atomic mass is 9.94. The molecular weight excluding hydrogens is 471 g/mol. The summed E-state index contributed by atoms with van der Waals surface area (Å²) in [5.74, 6) is 0.0326. The predicted octanol–water partition coefficient (Wildman–Crippen LogP) is 4.45. The van der Waals surface area contributed by atoms with Gasteiger partial charge in [-0.25, -0.2) is 9.18 Å². The Labute approximate surface area is 206 Å². The number of amides is 1. The molecule has 1 fully saturated rings. The van der Waals surface area contributed by atoms with Crippen LogP contribution in [0.3, 0.4) is 0 Å². The second-order valence-corrected chi connectivity index (χ2v) is 10.1. The molecule has 0 atom stereocenters. The molecule has 10 heteroatoms. The molecule has 0 saturated carbocycles. The number of fused-ring (bicyclic) bond motifs is 1. The summed E-state index contributed by atoms with van der Waals surface area (Å²) < 4.78 is 23.5. The Morgan fingerprint density at radius 2 is 1.94 bits per heavy atom. The van der Waals surface area contributed by atoms with E-state index in [2.05, 4.69) is 20.4 Å². The predicted molar refractivity (Wildman–Crippen MR) is 129 cm³/mol. The van der Waals surface area contributed by atoms with Crippen LogP contribution in [0.1, 0.15) is 52.4 Å². The van der Waals surface area contributed by atoms with Crippen LogP contribution >= 0.6 is 11.3 Å². The minimum Gasteiger partial charge on any atom is -0.465 e. The van der Waals surface area contributed by atoms with Crippen molar-refractivity contribution in [2.75, 3.05) is 25.5 Å². The molecular formula is C25H27FN4O4S. The molecule has 35 heavy (non-hydrogen) atoms. The summed E-state index contributed by atoms with van der Waals surface area (Å²) in [7, 11) is 1.38. The van der Waals surface area contributed by atoms with Crippen molar-refractivity contribution in [2.45, 2.75) is 45.1 Å². The lowest BCUT2D eigenvalue weighted by Crippen LogP contribution is -2.37. The van der Waals surface area contributed by atoms with Crippen molar-refractivity contribution in [1.82, 2.24) is 15.0 Å². The van der Waals surface area contributed by atoms with E-state index in [1.54, 1.807) is 12.1 Å². The molecule has 1 aliphatic carbocycles. The van der Waals surface area contributed by atoms with Crippen molar-refractivity contribution in [2.24, 2.45) is 5.92 Å². The van der Waals surface area contributed by atoms with Crippen molar-refractivity contribution in [3.8, 4) is 11.4 Å². The maximum Gasteiger partial charge on any atom is 0.341 e. The molecule has 1 saturated heterocycles. The van der Waals surface area contributed by atoms with E-state index >= 15 is 0 Å². The molecule has 3 aromatic rings. The lowest BCUT2D eigenvalue weighted by molar-refractivity contribution is -0.121. The first-order chi connectivity index (χ1) is 17.0. The molecule has 1 N–H and O–H groups in total. The molecule has 2 aromatic heterocycles. The summed E-state index contributed by atoms with van der Waals surface area (Å²) in [6.45, 7) is 1.93. The monoisotopic (exact) mass is 498 g/mol. The number of hydrogen-bond donors (Lipinski definition) is 1. The number of thiophene rings is 1. The summed E-state index contributed by atoms with van der Waals surface area (Å²) in [6, 6.07) is 5.95. The molecule has 184 valence electrons. The zero-order chi connectivity index (χ0) is 24.4. The van der Waals surface area contributed by atoms with Gasteiger partial charge in [-0.1, -0.05) is 5.16 Å². The summed E-state index contributed by atoms with van der Waals surface area (Å²) >= 11 is 1.51. The Bertz CT molecular complexity index is 1210. The first kappa shape index (κ1) is 23.6. The SMILES string of the molecule is COC(=O)c1c(NC(=O)C2CCN(Cc3nc(-c4ccc(F)cc4)no3)CC2)sc2c1CCCC2. The minimum atomic E-state index is -0.380. The Morgan fingerprint density at radius 3 is 2.69 bits per heavy atom. The number of ether oxygens (including phenoxy) is 1. The lowest BCUT2D eigenvalue weighted by Gasteiger charge is -2.30. The standard InChI is InChI=1S/C25H27FN4O4S/c1-33-25(32)21-18-4-2-3-5-19(18)35-24(21)28-23(31)16-10-12-30(13-11-16)14-20-27-22(29-34-20)15-6-8-17(26)9-7-15/h6-9,16H,2-5,10-14H2,1H3,(H,28,31). The number of anilines is 1. The van der Waals surface area contributed by atoms with Crippen LogP contribution in [0.4, 0.5) is 9.39 Å². The fourth-order valence-corrected chi connectivity index (χ4v) is 6.05. The van der Waals surface area contributed by atoms with Crippen molar-refractivity contribution < 1.29 is 23.2 Å². The number of carbonyl (C=O) groups excluding carboxylic acids is 2. The van der Waals surface area contributed by atoms with E-state index in [0.29, 0.717) is 47.2 Å². The maximum atomic E-state index is 13.1. The van der Waals surface area contributed by atoms with Crippen molar-refractivity contribution in [3.63, 3.8) is 0 Å². The molecule has 3 heterocycles. The highest BCUT2D eigenvalue weighted by Gasteiger charge is 2.30. The van der Waals surface area contributed by atoms with Crippen LogP contribution in [-0.2, 0) is 28.9 Å². The van der Waals surface area contributed by atoms with Gasteiger partial charge in [0.05, 0.1) is 19.2 Å². The Morgan fingerprint density at radius 1 is 1.20 bits per heavy atom. The third-order valence-corrected chi connectivity index (χ3v) is 7.89. The number of hydrogen-bond acceptors (Lipinski definition) is 8. The topological polar surface area (TPSA) is 97.6 Å². The van der Waals surface area contributed by atoms with Crippen LogP contribution < -0.4 is 5.32 Å². The van der Waals surface area contributed by atoms with Gasteiger partial charge in [0.15, 0.2) is 0 Å². The fraction of sp³-hybridized carbons (Fsp3) is 0.440. The largest absolute Gasteiger partial charge is 0.465 e. The number of esters is 1. The Balaban J connectivity index is 1.18. The highest BCUT2D eigenvalue weighted by Crippen LogP contribution is 2.39. The zero-order valence-corrected chi connectivity index (χ0v) is 20.3. The van der Waals surface area contributed by atoms with Crippen LogP contribution in [0, 0.1) is 11.7 Å². The van der Waals surface area contributed by atoms with Crippen molar-refractivity contribution in [3.05, 3.63) is 52.0 Å². The molecule has 0 radical (unpaired) electrons. The van der Waals surface area contributed by atoms with Gasteiger partial charge in [0.25, 0.3) is 0 Å². The molecule has 1 aliphatic heterocycles. The number of benzene rings is 1. The van der Waals surface area contributed by atoms with Gasteiger partial charge < -0.3 is 14.6 Å². The van der Waals surface area contributed by atoms with Crippen molar-refractivity contribution in [1.29, 1.82) is 0 Å². The molecule has 0 spiro atoms.